The molecule has 0 spiro atoms. The van der Waals surface area contributed by atoms with Crippen LogP contribution in [0.1, 0.15) is 59.4 Å². The van der Waals surface area contributed by atoms with Gasteiger partial charge in [0, 0.05) is 29.6 Å². The molecule has 1 saturated carbocycles. The third kappa shape index (κ3) is 5.09. The molecule has 0 atom stereocenters. The fraction of sp³-hybridized carbons (Fsp3) is 0.350. The van der Waals surface area contributed by atoms with Crippen LogP contribution >= 0.6 is 0 Å². The Morgan fingerprint density at radius 1 is 0.926 bits per heavy atom. The minimum atomic E-state index is -1.06. The predicted molar refractivity (Wildman–Crippen MR) is 97.5 cm³/mol. The van der Waals surface area contributed by atoms with Gasteiger partial charge in [0.15, 0.2) is 11.6 Å². The third-order valence-electron chi connectivity index (χ3n) is 4.62. The molecule has 2 amide bonds. The van der Waals surface area contributed by atoms with Gasteiger partial charge in [0.05, 0.1) is 0 Å². The summed E-state index contributed by atoms with van der Waals surface area (Å²) in [6.45, 7) is 0. The van der Waals surface area contributed by atoms with Crippen LogP contribution in [0.2, 0.25) is 0 Å². The Hall–Kier alpha value is -2.83. The largest absolute Gasteiger partial charge is 0.349 e. The van der Waals surface area contributed by atoms with E-state index in [0.717, 1.165) is 37.8 Å². The molecule has 27 heavy (non-hydrogen) atoms. The third-order valence-corrected chi connectivity index (χ3v) is 4.62. The second-order valence-corrected chi connectivity index (χ2v) is 6.67. The lowest BCUT2D eigenvalue weighted by Crippen LogP contribution is -2.34. The van der Waals surface area contributed by atoms with E-state index in [4.69, 9.17) is 0 Å². The number of benzene rings is 1. The lowest BCUT2D eigenvalue weighted by Gasteiger charge is -2.16. The zero-order chi connectivity index (χ0) is 19.2. The predicted octanol–water partition coefficient (Wildman–Crippen LogP) is 4.06. The number of aromatic nitrogens is 1. The molecule has 0 saturated heterocycles. The smallest absolute Gasteiger partial charge is 0.274 e. The molecule has 0 bridgehead atoms. The van der Waals surface area contributed by atoms with Crippen LogP contribution in [0.25, 0.3) is 0 Å². The molecule has 2 N–H and O–H groups in total. The van der Waals surface area contributed by atoms with Crippen molar-refractivity contribution < 1.29 is 18.4 Å². The standard InChI is InChI=1S/C20H21F2N3O2/c21-16-8-7-15(12-17(16)22)25-20(27)18-11-13(9-10-23-18)19(26)24-14-5-3-1-2-4-6-14/h7-12,14H,1-6H2,(H,24,26)(H,25,27). The van der Waals surface area contributed by atoms with E-state index in [9.17, 15) is 18.4 Å². The van der Waals surface area contributed by atoms with Gasteiger partial charge in [-0.2, -0.15) is 0 Å². The van der Waals surface area contributed by atoms with Crippen molar-refractivity contribution in [3.8, 4) is 0 Å². The van der Waals surface area contributed by atoms with E-state index in [0.29, 0.717) is 5.56 Å². The van der Waals surface area contributed by atoms with E-state index < -0.39 is 17.5 Å². The second-order valence-electron chi connectivity index (χ2n) is 6.67. The summed E-state index contributed by atoms with van der Waals surface area (Å²) in [4.78, 5) is 28.7. The highest BCUT2D eigenvalue weighted by Gasteiger charge is 2.17. The number of nitrogens with one attached hydrogen (secondary N) is 2. The Balaban J connectivity index is 1.67. The zero-order valence-electron chi connectivity index (χ0n) is 14.8. The molecule has 5 nitrogen and oxygen atoms in total. The lowest BCUT2D eigenvalue weighted by molar-refractivity contribution is 0.0933. The van der Waals surface area contributed by atoms with Crippen LogP contribution in [0, 0.1) is 11.6 Å². The van der Waals surface area contributed by atoms with Crippen molar-refractivity contribution in [3.63, 3.8) is 0 Å². The van der Waals surface area contributed by atoms with Gasteiger partial charge in [0.2, 0.25) is 0 Å². The molecule has 0 aliphatic heterocycles. The van der Waals surface area contributed by atoms with Crippen molar-refractivity contribution in [2.24, 2.45) is 0 Å². The molecular formula is C20H21F2N3O2. The van der Waals surface area contributed by atoms with Crippen LogP contribution in [-0.2, 0) is 0 Å². The van der Waals surface area contributed by atoms with Crippen LogP contribution in [0.15, 0.2) is 36.5 Å². The zero-order valence-corrected chi connectivity index (χ0v) is 14.8. The first-order chi connectivity index (χ1) is 13.0. The number of carbonyl (C=O) groups is 2. The summed E-state index contributed by atoms with van der Waals surface area (Å²) in [5.41, 5.74) is 0.465. The van der Waals surface area contributed by atoms with E-state index in [1.807, 2.05) is 0 Å². The van der Waals surface area contributed by atoms with Crippen molar-refractivity contribution in [1.29, 1.82) is 0 Å². The average Bonchev–Trinajstić information content (AvgIpc) is 2.93. The quantitative estimate of drug-likeness (QED) is 0.794. The van der Waals surface area contributed by atoms with Crippen molar-refractivity contribution >= 4 is 17.5 Å². The maximum absolute atomic E-state index is 13.3. The van der Waals surface area contributed by atoms with Gasteiger partial charge in [-0.25, -0.2) is 8.78 Å². The average molecular weight is 373 g/mol. The molecule has 1 heterocycles. The van der Waals surface area contributed by atoms with Crippen molar-refractivity contribution in [2.75, 3.05) is 5.32 Å². The molecule has 7 heteroatoms. The molecule has 1 aliphatic carbocycles. The van der Waals surface area contributed by atoms with Crippen LogP contribution in [-0.4, -0.2) is 22.8 Å². The number of rotatable bonds is 4. The molecule has 0 radical (unpaired) electrons. The highest BCUT2D eigenvalue weighted by atomic mass is 19.2. The summed E-state index contributed by atoms with van der Waals surface area (Å²) in [7, 11) is 0. The Kier molecular flexibility index (Phi) is 6.11. The summed E-state index contributed by atoms with van der Waals surface area (Å²) < 4.78 is 26.2. The molecule has 1 aromatic heterocycles. The van der Waals surface area contributed by atoms with Crippen LogP contribution in [0.5, 0.6) is 0 Å². The number of halogens is 2. The molecular weight excluding hydrogens is 352 g/mol. The topological polar surface area (TPSA) is 71.1 Å². The van der Waals surface area contributed by atoms with Crippen molar-refractivity contribution in [3.05, 3.63) is 59.4 Å². The van der Waals surface area contributed by atoms with E-state index in [1.54, 1.807) is 6.07 Å². The summed E-state index contributed by atoms with van der Waals surface area (Å²) in [5.74, 6) is -2.91. The summed E-state index contributed by atoms with van der Waals surface area (Å²) >= 11 is 0. The number of hydrogen-bond acceptors (Lipinski definition) is 3. The van der Waals surface area contributed by atoms with Gasteiger partial charge in [-0.15, -0.1) is 0 Å². The first kappa shape index (κ1) is 18.9. The lowest BCUT2D eigenvalue weighted by atomic mass is 10.1. The van der Waals surface area contributed by atoms with Crippen molar-refractivity contribution in [2.45, 2.75) is 44.6 Å². The molecule has 1 fully saturated rings. The first-order valence-electron chi connectivity index (χ1n) is 9.06. The van der Waals surface area contributed by atoms with Gasteiger partial charge in [-0.3, -0.25) is 14.6 Å². The van der Waals surface area contributed by atoms with Gasteiger partial charge in [0.25, 0.3) is 11.8 Å². The molecule has 0 unspecified atom stereocenters. The molecule has 2 aromatic rings. The van der Waals surface area contributed by atoms with Gasteiger partial charge >= 0.3 is 0 Å². The van der Waals surface area contributed by atoms with Gasteiger partial charge < -0.3 is 10.6 Å². The van der Waals surface area contributed by atoms with Crippen LogP contribution < -0.4 is 10.6 Å². The fourth-order valence-electron chi connectivity index (χ4n) is 3.16. The summed E-state index contributed by atoms with van der Waals surface area (Å²) in [6, 6.07) is 6.14. The van der Waals surface area contributed by atoms with E-state index >= 15 is 0 Å². The number of nitrogens with zero attached hydrogens (tertiary/aromatic N) is 1. The Labute approximate surface area is 156 Å². The number of carbonyl (C=O) groups excluding carboxylic acids is 2. The van der Waals surface area contributed by atoms with Crippen LogP contribution in [0.4, 0.5) is 14.5 Å². The summed E-state index contributed by atoms with van der Waals surface area (Å²) in [5, 5.41) is 5.46. The minimum absolute atomic E-state index is 0.0215. The van der Waals surface area contributed by atoms with E-state index in [2.05, 4.69) is 15.6 Å². The SMILES string of the molecule is O=C(NC1CCCCCC1)c1ccnc(C(=O)Nc2ccc(F)c(F)c2)c1. The minimum Gasteiger partial charge on any atom is -0.349 e. The molecule has 1 aromatic carbocycles. The summed E-state index contributed by atoms with van der Waals surface area (Å²) in [6.07, 6.45) is 7.88. The van der Waals surface area contributed by atoms with Gasteiger partial charge in [0.1, 0.15) is 5.69 Å². The van der Waals surface area contributed by atoms with Crippen LogP contribution in [0.3, 0.4) is 0 Å². The Morgan fingerprint density at radius 3 is 2.37 bits per heavy atom. The monoisotopic (exact) mass is 373 g/mol. The second kappa shape index (κ2) is 8.70. The number of amides is 2. The molecule has 142 valence electrons. The number of pyridine rings is 1. The first-order valence-corrected chi connectivity index (χ1v) is 9.06. The highest BCUT2D eigenvalue weighted by Crippen LogP contribution is 2.18. The highest BCUT2D eigenvalue weighted by molar-refractivity contribution is 6.04. The molecule has 1 aliphatic rings. The Bertz CT molecular complexity index is 834. The van der Waals surface area contributed by atoms with E-state index in [1.165, 1.54) is 31.2 Å². The van der Waals surface area contributed by atoms with Crippen molar-refractivity contribution in [1.82, 2.24) is 10.3 Å². The van der Waals surface area contributed by atoms with E-state index in [-0.39, 0.29) is 23.3 Å². The Morgan fingerprint density at radius 2 is 1.67 bits per heavy atom. The van der Waals surface area contributed by atoms with Gasteiger partial charge in [-0.1, -0.05) is 25.7 Å². The number of anilines is 1. The fourth-order valence-corrected chi connectivity index (χ4v) is 3.16. The number of hydrogen-bond donors (Lipinski definition) is 2. The maximum Gasteiger partial charge on any atom is 0.274 e. The molecule has 3 rings (SSSR count). The normalized spacial score (nSPS) is 15.0. The maximum atomic E-state index is 13.3. The van der Waals surface area contributed by atoms with Gasteiger partial charge in [-0.05, 0) is 37.1 Å².